The molecule has 0 aliphatic carbocycles. The molecule has 1 heterocycles. The predicted molar refractivity (Wildman–Crippen MR) is 111 cm³/mol. The average Bonchev–Trinajstić information content (AvgIpc) is 3.12. The molecule has 0 radical (unpaired) electrons. The summed E-state index contributed by atoms with van der Waals surface area (Å²) >= 11 is 0. The van der Waals surface area contributed by atoms with Gasteiger partial charge in [-0.3, -0.25) is 14.4 Å². The summed E-state index contributed by atoms with van der Waals surface area (Å²) in [5.41, 5.74) is 3.18. The number of carbonyl (C=O) groups is 3. The summed E-state index contributed by atoms with van der Waals surface area (Å²) in [5, 5.41) is 2.79. The first-order chi connectivity index (χ1) is 13.4. The fourth-order valence-corrected chi connectivity index (χ4v) is 2.99. The van der Waals surface area contributed by atoms with Gasteiger partial charge in [0.25, 0.3) is 0 Å². The minimum Gasteiger partial charge on any atom is -0.323 e. The molecular weight excluding hydrogens is 354 g/mol. The number of nitrogens with zero attached hydrogens (tertiary/aromatic N) is 2. The molecule has 6 heteroatoms. The van der Waals surface area contributed by atoms with Crippen LogP contribution in [0.3, 0.4) is 0 Å². The van der Waals surface area contributed by atoms with Crippen molar-refractivity contribution in [2.45, 2.75) is 19.8 Å². The van der Waals surface area contributed by atoms with Crippen molar-refractivity contribution in [3.8, 4) is 0 Å². The Kier molecular flexibility index (Phi) is 5.89. The van der Waals surface area contributed by atoms with Crippen LogP contribution in [0.4, 0.5) is 17.1 Å². The third kappa shape index (κ3) is 4.65. The highest BCUT2D eigenvalue weighted by Gasteiger charge is 2.21. The number of anilines is 3. The summed E-state index contributed by atoms with van der Waals surface area (Å²) in [4.78, 5) is 38.6. The van der Waals surface area contributed by atoms with Crippen molar-refractivity contribution in [1.82, 2.24) is 0 Å². The Morgan fingerprint density at radius 2 is 1.75 bits per heavy atom. The molecule has 2 aromatic rings. The number of rotatable bonds is 5. The lowest BCUT2D eigenvalue weighted by atomic mass is 10.2. The van der Waals surface area contributed by atoms with Crippen LogP contribution in [-0.4, -0.2) is 31.3 Å². The van der Waals surface area contributed by atoms with Gasteiger partial charge >= 0.3 is 0 Å². The summed E-state index contributed by atoms with van der Waals surface area (Å²) in [5.74, 6) is -0.144. The van der Waals surface area contributed by atoms with Crippen LogP contribution in [0.1, 0.15) is 25.3 Å². The first kappa shape index (κ1) is 19.4. The molecule has 0 saturated carbocycles. The molecule has 6 nitrogen and oxygen atoms in total. The van der Waals surface area contributed by atoms with E-state index in [9.17, 15) is 14.4 Å². The van der Waals surface area contributed by atoms with Crippen LogP contribution < -0.4 is 15.1 Å². The molecule has 1 aliphatic heterocycles. The Balaban J connectivity index is 1.57. The van der Waals surface area contributed by atoms with Crippen LogP contribution in [0, 0.1) is 0 Å². The smallest absolute Gasteiger partial charge is 0.248 e. The van der Waals surface area contributed by atoms with E-state index in [1.54, 1.807) is 42.3 Å². The van der Waals surface area contributed by atoms with Crippen molar-refractivity contribution in [3.05, 3.63) is 60.2 Å². The highest BCUT2D eigenvalue weighted by Crippen LogP contribution is 2.22. The molecule has 0 atom stereocenters. The molecule has 0 unspecified atom stereocenters. The number of amides is 3. The van der Waals surface area contributed by atoms with Gasteiger partial charge < -0.3 is 15.1 Å². The van der Waals surface area contributed by atoms with Gasteiger partial charge in [0.05, 0.1) is 0 Å². The molecule has 1 saturated heterocycles. The zero-order valence-electron chi connectivity index (χ0n) is 16.0. The minimum atomic E-state index is -0.244. The van der Waals surface area contributed by atoms with E-state index in [0.29, 0.717) is 12.1 Å². The van der Waals surface area contributed by atoms with Gasteiger partial charge in [-0.1, -0.05) is 12.1 Å². The Bertz CT molecular complexity index is 902. The van der Waals surface area contributed by atoms with Crippen molar-refractivity contribution in [3.63, 3.8) is 0 Å². The third-order valence-electron chi connectivity index (χ3n) is 4.70. The standard InChI is InChI=1S/C22H23N3O3/c1-16(26)24(2)19-12-8-18(9-13-19)23-21(27)14-7-17-5-10-20(11-6-17)25-15-3-4-22(25)28/h5-14H,3-4,15H2,1-2H3,(H,23,27)/b14-7-. The van der Waals surface area contributed by atoms with Gasteiger partial charge in [0.1, 0.15) is 0 Å². The van der Waals surface area contributed by atoms with E-state index in [1.165, 1.54) is 17.9 Å². The Labute approximate surface area is 164 Å². The highest BCUT2D eigenvalue weighted by molar-refractivity contribution is 6.02. The van der Waals surface area contributed by atoms with Gasteiger partial charge in [0, 0.05) is 50.1 Å². The van der Waals surface area contributed by atoms with Crippen LogP contribution in [0.2, 0.25) is 0 Å². The normalized spacial score (nSPS) is 13.8. The molecule has 0 bridgehead atoms. The first-order valence-corrected chi connectivity index (χ1v) is 9.18. The molecule has 3 amide bonds. The number of hydrogen-bond acceptors (Lipinski definition) is 3. The third-order valence-corrected chi connectivity index (χ3v) is 4.70. The maximum Gasteiger partial charge on any atom is 0.248 e. The van der Waals surface area contributed by atoms with E-state index >= 15 is 0 Å². The largest absolute Gasteiger partial charge is 0.323 e. The zero-order valence-corrected chi connectivity index (χ0v) is 16.0. The fraction of sp³-hybridized carbons (Fsp3) is 0.227. The lowest BCUT2D eigenvalue weighted by Gasteiger charge is -2.15. The zero-order chi connectivity index (χ0) is 20.1. The van der Waals surface area contributed by atoms with E-state index in [1.807, 2.05) is 24.3 Å². The fourth-order valence-electron chi connectivity index (χ4n) is 2.99. The topological polar surface area (TPSA) is 69.7 Å². The van der Waals surface area contributed by atoms with Crippen LogP contribution >= 0.6 is 0 Å². The number of hydrogen-bond donors (Lipinski definition) is 1. The van der Waals surface area contributed by atoms with Crippen molar-refractivity contribution in [1.29, 1.82) is 0 Å². The maximum atomic E-state index is 12.1. The van der Waals surface area contributed by atoms with Crippen molar-refractivity contribution >= 4 is 40.9 Å². The molecule has 3 rings (SSSR count). The second-order valence-electron chi connectivity index (χ2n) is 6.69. The number of benzene rings is 2. The SMILES string of the molecule is CC(=O)N(C)c1ccc(NC(=O)/C=C\c2ccc(N3CCCC3=O)cc2)cc1. The quantitative estimate of drug-likeness (QED) is 0.812. The van der Waals surface area contributed by atoms with Crippen molar-refractivity contribution in [2.75, 3.05) is 28.7 Å². The van der Waals surface area contributed by atoms with E-state index in [2.05, 4.69) is 5.32 Å². The van der Waals surface area contributed by atoms with Gasteiger partial charge in [-0.2, -0.15) is 0 Å². The van der Waals surface area contributed by atoms with Gasteiger partial charge in [-0.05, 0) is 54.5 Å². The molecule has 144 valence electrons. The van der Waals surface area contributed by atoms with Crippen molar-refractivity contribution < 1.29 is 14.4 Å². The molecule has 0 aromatic heterocycles. The van der Waals surface area contributed by atoms with Crippen LogP contribution in [-0.2, 0) is 14.4 Å². The van der Waals surface area contributed by atoms with E-state index in [-0.39, 0.29) is 17.7 Å². The summed E-state index contributed by atoms with van der Waals surface area (Å²) in [6, 6.07) is 14.6. The van der Waals surface area contributed by atoms with Crippen LogP contribution in [0.5, 0.6) is 0 Å². The molecule has 1 fully saturated rings. The second-order valence-corrected chi connectivity index (χ2v) is 6.69. The lowest BCUT2D eigenvalue weighted by Crippen LogP contribution is -2.23. The Morgan fingerprint density at radius 1 is 1.07 bits per heavy atom. The second kappa shape index (κ2) is 8.52. The van der Waals surface area contributed by atoms with E-state index in [0.717, 1.165) is 29.9 Å². The maximum absolute atomic E-state index is 12.1. The van der Waals surface area contributed by atoms with Crippen LogP contribution in [0.15, 0.2) is 54.6 Å². The van der Waals surface area contributed by atoms with Gasteiger partial charge in [-0.15, -0.1) is 0 Å². The first-order valence-electron chi connectivity index (χ1n) is 9.18. The lowest BCUT2D eigenvalue weighted by molar-refractivity contribution is -0.117. The van der Waals surface area contributed by atoms with Gasteiger partial charge in [-0.25, -0.2) is 0 Å². The van der Waals surface area contributed by atoms with E-state index in [4.69, 9.17) is 0 Å². The Morgan fingerprint density at radius 3 is 2.32 bits per heavy atom. The Hall–Kier alpha value is -3.41. The summed E-state index contributed by atoms with van der Waals surface area (Å²) in [6.45, 7) is 2.26. The van der Waals surface area contributed by atoms with Crippen LogP contribution in [0.25, 0.3) is 6.08 Å². The summed E-state index contributed by atoms with van der Waals surface area (Å²) in [6.07, 6.45) is 4.69. The van der Waals surface area contributed by atoms with Gasteiger partial charge in [0.2, 0.25) is 17.7 Å². The van der Waals surface area contributed by atoms with E-state index < -0.39 is 0 Å². The highest BCUT2D eigenvalue weighted by atomic mass is 16.2. The molecule has 2 aromatic carbocycles. The predicted octanol–water partition coefficient (Wildman–Crippen LogP) is 3.45. The summed E-state index contributed by atoms with van der Waals surface area (Å²) < 4.78 is 0. The molecule has 1 aliphatic rings. The number of nitrogens with one attached hydrogen (secondary N) is 1. The molecule has 1 N–H and O–H groups in total. The monoisotopic (exact) mass is 377 g/mol. The molecule has 28 heavy (non-hydrogen) atoms. The molecule has 0 spiro atoms. The van der Waals surface area contributed by atoms with Crippen molar-refractivity contribution in [2.24, 2.45) is 0 Å². The molecular formula is C22H23N3O3. The van der Waals surface area contributed by atoms with Gasteiger partial charge in [0.15, 0.2) is 0 Å². The summed E-state index contributed by atoms with van der Waals surface area (Å²) in [7, 11) is 1.70. The minimum absolute atomic E-state index is 0.0557. The number of carbonyl (C=O) groups excluding carboxylic acids is 3. The average molecular weight is 377 g/mol.